The van der Waals surface area contributed by atoms with E-state index in [4.69, 9.17) is 5.11 Å². The largest absolute Gasteiger partial charge is 0.478 e. The molecule has 0 radical (unpaired) electrons. The molecule has 0 aliphatic heterocycles. The van der Waals surface area contributed by atoms with Crippen LogP contribution in [0.1, 0.15) is 49.3 Å². The Morgan fingerprint density at radius 2 is 2.19 bits per heavy atom. The second-order valence-electron chi connectivity index (χ2n) is 5.43. The maximum atomic E-state index is 11.1. The van der Waals surface area contributed by atoms with Crippen LogP contribution in [-0.4, -0.2) is 31.8 Å². The highest BCUT2D eigenvalue weighted by atomic mass is 16.4. The lowest BCUT2D eigenvalue weighted by molar-refractivity contribution is 0.0697. The zero-order valence-corrected chi connectivity index (χ0v) is 12.5. The molecule has 0 spiro atoms. The maximum Gasteiger partial charge on any atom is 0.335 e. The van der Waals surface area contributed by atoms with Crippen LogP contribution in [0.15, 0.2) is 18.2 Å². The minimum atomic E-state index is -0.925. The normalized spacial score (nSPS) is 12.7. The number of benzene rings is 1. The van der Waals surface area contributed by atoms with Crippen LogP contribution in [0.3, 0.4) is 0 Å². The topological polar surface area (TPSA) is 75.3 Å². The van der Waals surface area contributed by atoms with Crippen molar-refractivity contribution >= 4 is 17.0 Å². The Kier molecular flexibility index (Phi) is 4.96. The fourth-order valence-electron chi connectivity index (χ4n) is 2.51. The zero-order valence-electron chi connectivity index (χ0n) is 12.5. The Morgan fingerprint density at radius 1 is 1.43 bits per heavy atom. The number of rotatable bonds is 7. The van der Waals surface area contributed by atoms with Crippen molar-refractivity contribution < 1.29 is 15.0 Å². The molecule has 5 nitrogen and oxygen atoms in total. The summed E-state index contributed by atoms with van der Waals surface area (Å²) in [7, 11) is 0. The van der Waals surface area contributed by atoms with E-state index >= 15 is 0 Å². The van der Waals surface area contributed by atoms with Crippen molar-refractivity contribution in [2.75, 3.05) is 0 Å². The van der Waals surface area contributed by atoms with Crippen LogP contribution in [0.2, 0.25) is 0 Å². The lowest BCUT2D eigenvalue weighted by Crippen LogP contribution is -2.07. The number of hydrogen-bond acceptors (Lipinski definition) is 3. The summed E-state index contributed by atoms with van der Waals surface area (Å²) >= 11 is 0. The number of nitrogens with zero attached hydrogens (tertiary/aromatic N) is 2. The van der Waals surface area contributed by atoms with Gasteiger partial charge >= 0.3 is 5.97 Å². The van der Waals surface area contributed by atoms with Crippen LogP contribution in [0.5, 0.6) is 0 Å². The summed E-state index contributed by atoms with van der Waals surface area (Å²) in [5.41, 5.74) is 1.98. The average Bonchev–Trinajstić information content (AvgIpc) is 2.76. The molecule has 0 bridgehead atoms. The lowest BCUT2D eigenvalue weighted by Gasteiger charge is -2.10. The Balaban J connectivity index is 2.38. The molecule has 1 atom stereocenters. The van der Waals surface area contributed by atoms with E-state index in [2.05, 4.69) is 16.5 Å². The number of fused-ring (bicyclic) bond motifs is 1. The minimum absolute atomic E-state index is 0.280. The van der Waals surface area contributed by atoms with Crippen molar-refractivity contribution in [3.05, 3.63) is 29.6 Å². The maximum absolute atomic E-state index is 11.1. The van der Waals surface area contributed by atoms with E-state index in [1.165, 1.54) is 0 Å². The molecule has 1 unspecified atom stereocenters. The number of carboxylic acids is 1. The molecule has 2 aromatic rings. The molecular weight excluding hydrogens is 268 g/mol. The predicted octanol–water partition coefficient (Wildman–Crippen LogP) is 2.85. The van der Waals surface area contributed by atoms with Gasteiger partial charge in [0.2, 0.25) is 0 Å². The molecule has 0 aliphatic carbocycles. The van der Waals surface area contributed by atoms with Gasteiger partial charge in [0.15, 0.2) is 0 Å². The summed E-state index contributed by atoms with van der Waals surface area (Å²) in [5.74, 6) is 0.0614. The van der Waals surface area contributed by atoms with Crippen LogP contribution >= 0.6 is 0 Å². The van der Waals surface area contributed by atoms with Crippen LogP contribution in [0.25, 0.3) is 11.0 Å². The Morgan fingerprint density at radius 3 is 2.81 bits per heavy atom. The highest BCUT2D eigenvalue weighted by Gasteiger charge is 2.13. The molecule has 2 rings (SSSR count). The van der Waals surface area contributed by atoms with Crippen molar-refractivity contribution in [1.29, 1.82) is 0 Å². The van der Waals surface area contributed by atoms with Gasteiger partial charge in [-0.25, -0.2) is 9.78 Å². The molecule has 0 aliphatic rings. The summed E-state index contributed by atoms with van der Waals surface area (Å²) in [6.07, 6.45) is 3.11. The van der Waals surface area contributed by atoms with E-state index in [1.54, 1.807) is 25.1 Å². The molecule has 5 heteroatoms. The van der Waals surface area contributed by atoms with Gasteiger partial charge in [-0.1, -0.05) is 6.92 Å². The third-order valence-electron chi connectivity index (χ3n) is 3.55. The molecule has 1 aromatic heterocycles. The summed E-state index contributed by atoms with van der Waals surface area (Å²) in [4.78, 5) is 15.7. The second-order valence-corrected chi connectivity index (χ2v) is 5.43. The van der Waals surface area contributed by atoms with Gasteiger partial charge < -0.3 is 14.8 Å². The fourth-order valence-corrected chi connectivity index (χ4v) is 2.51. The van der Waals surface area contributed by atoms with Gasteiger partial charge in [-0.2, -0.15) is 0 Å². The molecule has 21 heavy (non-hydrogen) atoms. The van der Waals surface area contributed by atoms with E-state index in [-0.39, 0.29) is 11.7 Å². The Labute approximate surface area is 124 Å². The van der Waals surface area contributed by atoms with Crippen molar-refractivity contribution in [3.8, 4) is 0 Å². The van der Waals surface area contributed by atoms with Crippen molar-refractivity contribution in [2.45, 2.75) is 52.2 Å². The number of aliphatic hydroxyl groups is 1. The fraction of sp³-hybridized carbons (Fsp3) is 0.500. The Bertz CT molecular complexity index is 632. The summed E-state index contributed by atoms with van der Waals surface area (Å²) < 4.78 is 2.09. The summed E-state index contributed by atoms with van der Waals surface area (Å²) in [5, 5.41) is 18.5. The Hall–Kier alpha value is -1.88. The number of aromatic nitrogens is 2. The summed E-state index contributed by atoms with van der Waals surface area (Å²) in [6, 6.07) is 5.04. The molecule has 114 valence electrons. The first-order valence-corrected chi connectivity index (χ1v) is 7.43. The quantitative estimate of drug-likeness (QED) is 0.822. The molecule has 0 fully saturated rings. The monoisotopic (exact) mass is 290 g/mol. The number of carboxylic acid groups (broad SMARTS) is 1. The van der Waals surface area contributed by atoms with Gasteiger partial charge in [-0.05, 0) is 44.4 Å². The first-order chi connectivity index (χ1) is 10.0. The first-order valence-electron chi connectivity index (χ1n) is 7.43. The zero-order chi connectivity index (χ0) is 15.4. The third-order valence-corrected chi connectivity index (χ3v) is 3.55. The van der Waals surface area contributed by atoms with Gasteiger partial charge in [0, 0.05) is 13.0 Å². The number of hydrogen-bond donors (Lipinski definition) is 2. The van der Waals surface area contributed by atoms with Gasteiger partial charge in [0.25, 0.3) is 0 Å². The standard InChI is InChI=1S/C16H22N2O3/c1-3-5-15-17-13-8-7-12(16(20)21)10-14(13)18(15)9-4-6-11(2)19/h7-8,10-11,19H,3-6,9H2,1-2H3,(H,20,21). The van der Waals surface area contributed by atoms with Gasteiger partial charge in [0.1, 0.15) is 5.82 Å². The van der Waals surface area contributed by atoms with Crippen LogP contribution in [0, 0.1) is 0 Å². The number of aliphatic hydroxyl groups excluding tert-OH is 1. The van der Waals surface area contributed by atoms with Crippen LogP contribution in [0.4, 0.5) is 0 Å². The number of imidazole rings is 1. The summed E-state index contributed by atoms with van der Waals surface area (Å²) in [6.45, 7) is 4.63. The number of carbonyl (C=O) groups is 1. The molecule has 0 amide bonds. The van der Waals surface area contributed by atoms with Crippen molar-refractivity contribution in [3.63, 3.8) is 0 Å². The highest BCUT2D eigenvalue weighted by molar-refractivity contribution is 5.92. The smallest absolute Gasteiger partial charge is 0.335 e. The molecule has 2 N–H and O–H groups in total. The lowest BCUT2D eigenvalue weighted by atomic mass is 10.2. The molecular formula is C16H22N2O3. The van der Waals surface area contributed by atoms with Gasteiger partial charge in [-0.3, -0.25) is 0 Å². The van der Waals surface area contributed by atoms with E-state index in [0.29, 0.717) is 0 Å². The van der Waals surface area contributed by atoms with E-state index in [1.807, 2.05) is 0 Å². The average molecular weight is 290 g/mol. The van der Waals surface area contributed by atoms with E-state index in [9.17, 15) is 9.90 Å². The second kappa shape index (κ2) is 6.72. The van der Waals surface area contributed by atoms with E-state index in [0.717, 1.165) is 49.1 Å². The first kappa shape index (κ1) is 15.5. The molecule has 0 saturated carbocycles. The molecule has 0 saturated heterocycles. The third kappa shape index (κ3) is 3.61. The molecule has 1 heterocycles. The van der Waals surface area contributed by atoms with Gasteiger partial charge in [0.05, 0.1) is 22.7 Å². The van der Waals surface area contributed by atoms with Crippen LogP contribution in [-0.2, 0) is 13.0 Å². The number of aromatic carboxylic acids is 1. The minimum Gasteiger partial charge on any atom is -0.478 e. The predicted molar refractivity (Wildman–Crippen MR) is 81.6 cm³/mol. The van der Waals surface area contributed by atoms with Crippen molar-refractivity contribution in [1.82, 2.24) is 9.55 Å². The van der Waals surface area contributed by atoms with Crippen LogP contribution < -0.4 is 0 Å². The van der Waals surface area contributed by atoms with Gasteiger partial charge in [-0.15, -0.1) is 0 Å². The van der Waals surface area contributed by atoms with E-state index < -0.39 is 5.97 Å². The van der Waals surface area contributed by atoms with Crippen molar-refractivity contribution in [2.24, 2.45) is 0 Å². The SMILES string of the molecule is CCCc1nc2ccc(C(=O)O)cc2n1CCCC(C)O. The highest BCUT2D eigenvalue weighted by Crippen LogP contribution is 2.20. The molecule has 1 aromatic carbocycles. The number of aryl methyl sites for hydroxylation is 2.